The van der Waals surface area contributed by atoms with Crippen molar-refractivity contribution in [1.82, 2.24) is 5.43 Å². The van der Waals surface area contributed by atoms with E-state index < -0.39 is 0 Å². The second kappa shape index (κ2) is 6.56. The summed E-state index contributed by atoms with van der Waals surface area (Å²) in [6.07, 6.45) is 0. The van der Waals surface area contributed by atoms with Gasteiger partial charge in [0.1, 0.15) is 11.6 Å². The lowest BCUT2D eigenvalue weighted by atomic mass is 9.94. The third-order valence-corrected chi connectivity index (χ3v) is 4.27. The highest BCUT2D eigenvalue weighted by Crippen LogP contribution is 2.34. The van der Waals surface area contributed by atoms with Crippen LogP contribution in [0.2, 0.25) is 0 Å². The molecule has 0 aromatic heterocycles. The molecule has 0 saturated carbocycles. The minimum absolute atomic E-state index is 0.281. The van der Waals surface area contributed by atoms with Crippen molar-refractivity contribution in [2.45, 2.75) is 19.9 Å². The molecule has 0 spiro atoms. The lowest BCUT2D eigenvalue weighted by Crippen LogP contribution is -2.29. The van der Waals surface area contributed by atoms with E-state index in [1.807, 2.05) is 26.0 Å². The van der Waals surface area contributed by atoms with Gasteiger partial charge < -0.3 is 4.74 Å². The van der Waals surface area contributed by atoms with Gasteiger partial charge in [0, 0.05) is 5.56 Å². The van der Waals surface area contributed by atoms with E-state index in [2.05, 4.69) is 21.4 Å². The molecule has 112 valence electrons. The Labute approximate surface area is 132 Å². The number of aryl methyl sites for hydroxylation is 1. The SMILES string of the molecule is COc1c(C(NN)c2ccc(F)c(Br)c2)ccc(C)c1C. The first-order valence-electron chi connectivity index (χ1n) is 6.54. The predicted molar refractivity (Wildman–Crippen MR) is 85.7 cm³/mol. The summed E-state index contributed by atoms with van der Waals surface area (Å²) in [5.74, 6) is 6.21. The Kier molecular flexibility index (Phi) is 4.98. The first kappa shape index (κ1) is 15.9. The van der Waals surface area contributed by atoms with E-state index in [0.717, 1.165) is 28.0 Å². The first-order chi connectivity index (χ1) is 9.99. The third-order valence-electron chi connectivity index (χ3n) is 3.67. The van der Waals surface area contributed by atoms with E-state index in [0.29, 0.717) is 4.47 Å². The Morgan fingerprint density at radius 1 is 1.24 bits per heavy atom. The van der Waals surface area contributed by atoms with E-state index in [4.69, 9.17) is 10.6 Å². The number of hydrogen-bond acceptors (Lipinski definition) is 3. The summed E-state index contributed by atoms with van der Waals surface area (Å²) in [5, 5.41) is 0. The number of hydrazine groups is 1. The van der Waals surface area contributed by atoms with Gasteiger partial charge in [0.15, 0.2) is 0 Å². The Bertz CT molecular complexity index is 661. The molecule has 3 N–H and O–H groups in total. The third kappa shape index (κ3) is 3.10. The topological polar surface area (TPSA) is 47.3 Å². The van der Waals surface area contributed by atoms with E-state index in [9.17, 15) is 4.39 Å². The van der Waals surface area contributed by atoms with Crippen LogP contribution in [-0.4, -0.2) is 7.11 Å². The van der Waals surface area contributed by atoms with E-state index in [1.165, 1.54) is 6.07 Å². The number of benzene rings is 2. The van der Waals surface area contributed by atoms with Crippen molar-refractivity contribution in [3.05, 3.63) is 62.9 Å². The van der Waals surface area contributed by atoms with Crippen molar-refractivity contribution in [2.75, 3.05) is 7.11 Å². The minimum Gasteiger partial charge on any atom is -0.496 e. The van der Waals surface area contributed by atoms with Gasteiger partial charge in [-0.05, 0) is 58.6 Å². The largest absolute Gasteiger partial charge is 0.496 e. The van der Waals surface area contributed by atoms with Gasteiger partial charge in [0.25, 0.3) is 0 Å². The maximum absolute atomic E-state index is 13.4. The normalized spacial score (nSPS) is 12.3. The van der Waals surface area contributed by atoms with Crippen LogP contribution < -0.4 is 16.0 Å². The van der Waals surface area contributed by atoms with Gasteiger partial charge in [-0.2, -0.15) is 0 Å². The summed E-state index contributed by atoms with van der Waals surface area (Å²) in [6, 6.07) is 8.56. The molecule has 0 bridgehead atoms. The van der Waals surface area contributed by atoms with Crippen LogP contribution in [0.25, 0.3) is 0 Å². The molecule has 21 heavy (non-hydrogen) atoms. The molecule has 5 heteroatoms. The maximum Gasteiger partial charge on any atom is 0.137 e. The van der Waals surface area contributed by atoms with E-state index in [1.54, 1.807) is 19.2 Å². The standard InChI is InChI=1S/C16H18BrFN2O/c1-9-4-6-12(16(21-3)10(9)2)15(20-19)11-5-7-14(18)13(17)8-11/h4-8,15,20H,19H2,1-3H3. The lowest BCUT2D eigenvalue weighted by molar-refractivity contribution is 0.400. The number of nitrogens with one attached hydrogen (secondary N) is 1. The molecule has 0 fully saturated rings. The van der Waals surface area contributed by atoms with Crippen LogP contribution >= 0.6 is 15.9 Å². The number of methoxy groups -OCH3 is 1. The monoisotopic (exact) mass is 352 g/mol. The first-order valence-corrected chi connectivity index (χ1v) is 7.34. The fraction of sp³-hybridized carbons (Fsp3) is 0.250. The Balaban J connectivity index is 2.56. The van der Waals surface area contributed by atoms with Gasteiger partial charge in [-0.25, -0.2) is 9.82 Å². The quantitative estimate of drug-likeness (QED) is 0.650. The smallest absolute Gasteiger partial charge is 0.137 e. The molecule has 2 aromatic rings. The molecule has 0 aliphatic rings. The second-order valence-corrected chi connectivity index (χ2v) is 5.76. The molecule has 0 radical (unpaired) electrons. The lowest BCUT2D eigenvalue weighted by Gasteiger charge is -2.22. The highest BCUT2D eigenvalue weighted by molar-refractivity contribution is 9.10. The summed E-state index contributed by atoms with van der Waals surface area (Å²) in [6.45, 7) is 4.03. The van der Waals surface area contributed by atoms with Gasteiger partial charge in [-0.3, -0.25) is 5.84 Å². The summed E-state index contributed by atoms with van der Waals surface area (Å²) in [4.78, 5) is 0. The molecule has 0 aliphatic heterocycles. The highest BCUT2D eigenvalue weighted by Gasteiger charge is 2.20. The molecule has 2 aromatic carbocycles. The Morgan fingerprint density at radius 2 is 1.95 bits per heavy atom. The molecule has 0 amide bonds. The van der Waals surface area contributed by atoms with Crippen LogP contribution in [0.3, 0.4) is 0 Å². The molecule has 0 heterocycles. The minimum atomic E-state index is -0.304. The number of halogens is 2. The van der Waals surface area contributed by atoms with Gasteiger partial charge in [-0.1, -0.05) is 18.2 Å². The average molecular weight is 353 g/mol. The molecular weight excluding hydrogens is 335 g/mol. The van der Waals surface area contributed by atoms with Crippen molar-refractivity contribution >= 4 is 15.9 Å². The average Bonchev–Trinajstić information content (AvgIpc) is 2.47. The van der Waals surface area contributed by atoms with Crippen LogP contribution in [-0.2, 0) is 0 Å². The fourth-order valence-corrected chi connectivity index (χ4v) is 2.76. The molecule has 0 saturated heterocycles. The highest BCUT2D eigenvalue weighted by atomic mass is 79.9. The molecule has 2 rings (SSSR count). The van der Waals surface area contributed by atoms with Crippen molar-refractivity contribution in [3.63, 3.8) is 0 Å². The van der Waals surface area contributed by atoms with Gasteiger partial charge in [0.2, 0.25) is 0 Å². The van der Waals surface area contributed by atoms with Gasteiger partial charge >= 0.3 is 0 Å². The van der Waals surface area contributed by atoms with Crippen LogP contribution in [0.1, 0.15) is 28.3 Å². The van der Waals surface area contributed by atoms with Crippen LogP contribution in [0.5, 0.6) is 5.75 Å². The van der Waals surface area contributed by atoms with Crippen LogP contribution in [0, 0.1) is 19.7 Å². The van der Waals surface area contributed by atoms with Crippen molar-refractivity contribution in [1.29, 1.82) is 0 Å². The fourth-order valence-electron chi connectivity index (χ4n) is 2.37. The molecule has 1 unspecified atom stereocenters. The maximum atomic E-state index is 13.4. The Morgan fingerprint density at radius 3 is 2.52 bits per heavy atom. The zero-order valence-electron chi connectivity index (χ0n) is 12.2. The number of nitrogens with two attached hydrogens (primary N) is 1. The number of ether oxygens (including phenoxy) is 1. The predicted octanol–water partition coefficient (Wildman–Crippen LogP) is 3.77. The molecule has 1 atom stereocenters. The summed E-state index contributed by atoms with van der Waals surface area (Å²) >= 11 is 3.20. The van der Waals surface area contributed by atoms with E-state index >= 15 is 0 Å². The van der Waals surface area contributed by atoms with Gasteiger partial charge in [-0.15, -0.1) is 0 Å². The van der Waals surface area contributed by atoms with Crippen molar-refractivity contribution < 1.29 is 9.13 Å². The van der Waals surface area contributed by atoms with Crippen LogP contribution in [0.4, 0.5) is 4.39 Å². The zero-order chi connectivity index (χ0) is 15.6. The summed E-state index contributed by atoms with van der Waals surface area (Å²) < 4.78 is 19.3. The van der Waals surface area contributed by atoms with Crippen LogP contribution in [0.15, 0.2) is 34.8 Å². The summed E-state index contributed by atoms with van der Waals surface area (Å²) in [5.41, 5.74) is 6.76. The van der Waals surface area contributed by atoms with Crippen molar-refractivity contribution in [2.24, 2.45) is 5.84 Å². The second-order valence-electron chi connectivity index (χ2n) is 4.90. The van der Waals surface area contributed by atoms with Crippen molar-refractivity contribution in [3.8, 4) is 5.75 Å². The molecular formula is C16H18BrFN2O. The molecule has 3 nitrogen and oxygen atoms in total. The number of rotatable bonds is 4. The zero-order valence-corrected chi connectivity index (χ0v) is 13.8. The Hall–Kier alpha value is -1.43. The van der Waals surface area contributed by atoms with E-state index in [-0.39, 0.29) is 11.9 Å². The van der Waals surface area contributed by atoms with Gasteiger partial charge in [0.05, 0.1) is 17.6 Å². The summed E-state index contributed by atoms with van der Waals surface area (Å²) in [7, 11) is 1.64. The molecule has 0 aliphatic carbocycles. The number of hydrogen-bond donors (Lipinski definition) is 2.